The fourth-order valence-electron chi connectivity index (χ4n) is 3.67. The molecule has 0 radical (unpaired) electrons. The second kappa shape index (κ2) is 9.64. The molecular formula is C25H30O4. The molecule has 2 aromatic carbocycles. The van der Waals surface area contributed by atoms with Crippen LogP contribution >= 0.6 is 0 Å². The molecule has 1 aromatic heterocycles. The highest BCUT2D eigenvalue weighted by molar-refractivity contribution is 5.85. The minimum atomic E-state index is -0.223. The van der Waals surface area contributed by atoms with Gasteiger partial charge in [0.15, 0.2) is 0 Å². The molecule has 0 aliphatic carbocycles. The second-order valence-electron chi connectivity index (χ2n) is 7.51. The highest BCUT2D eigenvalue weighted by Crippen LogP contribution is 2.30. The Balaban J connectivity index is 1.84. The van der Waals surface area contributed by atoms with Crippen molar-refractivity contribution in [1.82, 2.24) is 0 Å². The maximum atomic E-state index is 12.6. The van der Waals surface area contributed by atoms with E-state index in [1.54, 1.807) is 7.11 Å². The number of unbranched alkanes of at least 4 members (excludes halogenated alkanes) is 3. The average Bonchev–Trinajstić information content (AvgIpc) is 2.73. The molecule has 0 atom stereocenters. The Morgan fingerprint density at radius 3 is 2.59 bits per heavy atom. The van der Waals surface area contributed by atoms with Crippen molar-refractivity contribution in [1.29, 1.82) is 0 Å². The summed E-state index contributed by atoms with van der Waals surface area (Å²) >= 11 is 0. The van der Waals surface area contributed by atoms with Crippen LogP contribution in [-0.2, 0) is 13.0 Å². The Morgan fingerprint density at radius 1 is 1.00 bits per heavy atom. The Hall–Kier alpha value is -2.75. The molecule has 0 amide bonds. The molecule has 4 nitrogen and oxygen atoms in total. The van der Waals surface area contributed by atoms with Gasteiger partial charge in [0.2, 0.25) is 0 Å². The summed E-state index contributed by atoms with van der Waals surface area (Å²) in [6.07, 6.45) is 5.32. The smallest absolute Gasteiger partial charge is 0.339 e. The quantitative estimate of drug-likeness (QED) is 0.324. The van der Waals surface area contributed by atoms with E-state index in [1.165, 1.54) is 12.8 Å². The van der Waals surface area contributed by atoms with E-state index in [9.17, 15) is 4.79 Å². The summed E-state index contributed by atoms with van der Waals surface area (Å²) in [5.41, 5.74) is 4.09. The van der Waals surface area contributed by atoms with Gasteiger partial charge in [-0.05, 0) is 62.1 Å². The van der Waals surface area contributed by atoms with Crippen molar-refractivity contribution in [2.24, 2.45) is 0 Å². The van der Waals surface area contributed by atoms with Crippen molar-refractivity contribution in [3.05, 3.63) is 69.1 Å². The fraction of sp³-hybridized carbons (Fsp3) is 0.400. The minimum absolute atomic E-state index is 0.223. The molecule has 154 valence electrons. The largest absolute Gasteiger partial charge is 0.497 e. The van der Waals surface area contributed by atoms with E-state index in [0.717, 1.165) is 58.4 Å². The van der Waals surface area contributed by atoms with E-state index >= 15 is 0 Å². The molecule has 0 unspecified atom stereocenters. The van der Waals surface area contributed by atoms with Crippen molar-refractivity contribution in [2.75, 3.05) is 7.11 Å². The summed E-state index contributed by atoms with van der Waals surface area (Å²) in [6, 6.07) is 11.7. The number of methoxy groups -OCH3 is 1. The van der Waals surface area contributed by atoms with Crippen LogP contribution in [-0.4, -0.2) is 7.11 Å². The number of hydrogen-bond acceptors (Lipinski definition) is 4. The third-order valence-electron chi connectivity index (χ3n) is 5.46. The number of hydrogen-bond donors (Lipinski definition) is 0. The first kappa shape index (κ1) is 21.0. The summed E-state index contributed by atoms with van der Waals surface area (Å²) in [5, 5.41) is 0.987. The van der Waals surface area contributed by atoms with E-state index in [2.05, 4.69) is 6.92 Å². The Bertz CT molecular complexity index is 1030. The highest BCUT2D eigenvalue weighted by atomic mass is 16.5. The Kier molecular flexibility index (Phi) is 6.97. The molecule has 0 aliphatic rings. The van der Waals surface area contributed by atoms with Crippen molar-refractivity contribution < 1.29 is 13.9 Å². The fourth-order valence-corrected chi connectivity index (χ4v) is 3.67. The van der Waals surface area contributed by atoms with Crippen LogP contribution in [0.25, 0.3) is 11.0 Å². The summed E-state index contributed by atoms with van der Waals surface area (Å²) < 4.78 is 17.0. The summed E-state index contributed by atoms with van der Waals surface area (Å²) in [5.74, 6) is 1.52. The van der Waals surface area contributed by atoms with Gasteiger partial charge in [0, 0.05) is 16.5 Å². The van der Waals surface area contributed by atoms with Gasteiger partial charge in [-0.25, -0.2) is 4.79 Å². The van der Waals surface area contributed by atoms with Crippen molar-refractivity contribution in [3.8, 4) is 11.5 Å². The molecule has 0 bridgehead atoms. The number of rotatable bonds is 9. The van der Waals surface area contributed by atoms with Crippen molar-refractivity contribution in [3.63, 3.8) is 0 Å². The first-order valence-electron chi connectivity index (χ1n) is 10.4. The molecule has 3 rings (SSSR count). The van der Waals surface area contributed by atoms with Crippen molar-refractivity contribution in [2.45, 2.75) is 59.5 Å². The molecule has 4 heteroatoms. The molecule has 3 aromatic rings. The number of ether oxygens (including phenoxy) is 2. The van der Waals surface area contributed by atoms with Crippen LogP contribution in [0, 0.1) is 13.8 Å². The van der Waals surface area contributed by atoms with E-state index in [1.807, 2.05) is 50.2 Å². The maximum Gasteiger partial charge on any atom is 0.339 e. The molecule has 0 saturated carbocycles. The standard InChI is InChI=1S/C25H30O4/c1-5-6-7-8-12-22-17(2)21-13-14-23(18(3)24(21)29-25(22)26)28-16-19-10-9-11-20(15-19)27-4/h9-11,13-15H,5-8,12,16H2,1-4H3. The van der Waals surface area contributed by atoms with Crippen LogP contribution in [0.15, 0.2) is 45.6 Å². The lowest BCUT2D eigenvalue weighted by Gasteiger charge is -2.13. The van der Waals surface area contributed by atoms with Gasteiger partial charge in [0.05, 0.1) is 7.11 Å². The summed E-state index contributed by atoms with van der Waals surface area (Å²) in [4.78, 5) is 12.6. The van der Waals surface area contributed by atoms with Crippen molar-refractivity contribution >= 4 is 11.0 Å². The third-order valence-corrected chi connectivity index (χ3v) is 5.46. The first-order chi connectivity index (χ1) is 14.0. The predicted octanol–water partition coefficient (Wildman–Crippen LogP) is 6.12. The highest BCUT2D eigenvalue weighted by Gasteiger charge is 2.15. The SMILES string of the molecule is CCCCCCc1c(C)c2ccc(OCc3cccc(OC)c3)c(C)c2oc1=O. The summed E-state index contributed by atoms with van der Waals surface area (Å²) in [6.45, 7) is 6.56. The van der Waals surface area contributed by atoms with Crippen LogP contribution in [0.4, 0.5) is 0 Å². The molecule has 1 heterocycles. The average molecular weight is 395 g/mol. The van der Waals surface area contributed by atoms with E-state index < -0.39 is 0 Å². The number of fused-ring (bicyclic) bond motifs is 1. The van der Waals surface area contributed by atoms with Crippen LogP contribution in [0.3, 0.4) is 0 Å². The third kappa shape index (κ3) is 4.81. The lowest BCUT2D eigenvalue weighted by Crippen LogP contribution is -2.11. The van der Waals surface area contributed by atoms with Crippen LogP contribution in [0.1, 0.15) is 54.9 Å². The van der Waals surface area contributed by atoms with E-state index in [-0.39, 0.29) is 5.63 Å². The normalized spacial score (nSPS) is 11.0. The molecule has 0 fully saturated rings. The topological polar surface area (TPSA) is 48.7 Å². The van der Waals surface area contributed by atoms with Gasteiger partial charge in [-0.2, -0.15) is 0 Å². The van der Waals surface area contributed by atoms with E-state index in [4.69, 9.17) is 13.9 Å². The Labute approximate surface area is 172 Å². The van der Waals surface area contributed by atoms with Crippen LogP contribution in [0.2, 0.25) is 0 Å². The van der Waals surface area contributed by atoms with Crippen LogP contribution in [0.5, 0.6) is 11.5 Å². The maximum absolute atomic E-state index is 12.6. The van der Waals surface area contributed by atoms with Gasteiger partial charge in [0.1, 0.15) is 23.7 Å². The molecular weight excluding hydrogens is 364 g/mol. The lowest BCUT2D eigenvalue weighted by molar-refractivity contribution is 0.303. The van der Waals surface area contributed by atoms with Gasteiger partial charge in [-0.3, -0.25) is 0 Å². The Morgan fingerprint density at radius 2 is 1.83 bits per heavy atom. The predicted molar refractivity (Wildman–Crippen MR) is 117 cm³/mol. The number of aryl methyl sites for hydroxylation is 2. The molecule has 0 spiro atoms. The molecule has 0 aliphatic heterocycles. The van der Waals surface area contributed by atoms with Gasteiger partial charge >= 0.3 is 5.63 Å². The van der Waals surface area contributed by atoms with Crippen LogP contribution < -0.4 is 15.1 Å². The zero-order chi connectivity index (χ0) is 20.8. The second-order valence-corrected chi connectivity index (χ2v) is 7.51. The monoisotopic (exact) mass is 394 g/mol. The molecule has 0 saturated heterocycles. The van der Waals surface area contributed by atoms with Gasteiger partial charge in [0.25, 0.3) is 0 Å². The molecule has 0 N–H and O–H groups in total. The molecule has 29 heavy (non-hydrogen) atoms. The first-order valence-corrected chi connectivity index (χ1v) is 10.4. The number of benzene rings is 2. The zero-order valence-corrected chi connectivity index (χ0v) is 17.8. The zero-order valence-electron chi connectivity index (χ0n) is 17.8. The van der Waals surface area contributed by atoms with Gasteiger partial charge in [-0.15, -0.1) is 0 Å². The minimum Gasteiger partial charge on any atom is -0.497 e. The van der Waals surface area contributed by atoms with E-state index in [0.29, 0.717) is 12.2 Å². The van der Waals surface area contributed by atoms with Gasteiger partial charge in [-0.1, -0.05) is 38.3 Å². The lowest BCUT2D eigenvalue weighted by atomic mass is 9.99. The summed E-state index contributed by atoms with van der Waals surface area (Å²) in [7, 11) is 1.65. The van der Waals surface area contributed by atoms with Gasteiger partial charge < -0.3 is 13.9 Å².